The number of carbonyl (C=O) groups excluding carboxylic acids is 1. The van der Waals surface area contributed by atoms with Crippen LogP contribution in [-0.2, 0) is 4.74 Å². The smallest absolute Gasteiger partial charge is 0.348 e. The van der Waals surface area contributed by atoms with Crippen molar-refractivity contribution >= 4 is 17.3 Å². The van der Waals surface area contributed by atoms with Crippen LogP contribution in [0.15, 0.2) is 24.4 Å². The molecule has 0 aliphatic heterocycles. The number of carbonyl (C=O) groups is 1. The maximum absolute atomic E-state index is 11.9. The zero-order valence-corrected chi connectivity index (χ0v) is 12.2. The topological polar surface area (TPSA) is 52.1 Å². The van der Waals surface area contributed by atoms with Crippen molar-refractivity contribution in [2.75, 3.05) is 0 Å². The molecule has 0 atom stereocenters. The van der Waals surface area contributed by atoms with Crippen LogP contribution >= 0.6 is 11.3 Å². The Bertz CT molecular complexity index is 599. The van der Waals surface area contributed by atoms with Crippen molar-refractivity contribution in [3.8, 4) is 10.6 Å². The number of aryl methyl sites for hydroxylation is 1. The molecule has 0 amide bonds. The summed E-state index contributed by atoms with van der Waals surface area (Å²) in [7, 11) is 0. The molecule has 0 radical (unpaired) electrons. The molecule has 0 fully saturated rings. The average Bonchev–Trinajstić information content (AvgIpc) is 2.75. The molecule has 0 N–H and O–H groups in total. The molecular weight excluding hydrogens is 260 g/mol. The standard InChI is InChI=1S/C14H16N2O2S/c1-9-15-8-7-10(16-9)11-5-6-12(19-11)13(17)18-14(2,3)4/h5-8H,1-4H3. The molecule has 0 aliphatic rings. The quantitative estimate of drug-likeness (QED) is 0.788. The van der Waals surface area contributed by atoms with Gasteiger partial charge in [0.25, 0.3) is 0 Å². The van der Waals surface area contributed by atoms with Crippen LogP contribution in [0.4, 0.5) is 0 Å². The van der Waals surface area contributed by atoms with Gasteiger partial charge in [0.05, 0.1) is 10.6 Å². The molecule has 5 heteroatoms. The number of thiophene rings is 1. The Kier molecular flexibility index (Phi) is 3.66. The summed E-state index contributed by atoms with van der Waals surface area (Å²) in [6, 6.07) is 5.48. The SMILES string of the molecule is Cc1nccc(-c2ccc(C(=O)OC(C)(C)C)s2)n1. The van der Waals surface area contributed by atoms with Crippen molar-refractivity contribution < 1.29 is 9.53 Å². The van der Waals surface area contributed by atoms with Gasteiger partial charge in [-0.25, -0.2) is 14.8 Å². The van der Waals surface area contributed by atoms with Crippen LogP contribution in [0.1, 0.15) is 36.3 Å². The Labute approximate surface area is 116 Å². The molecule has 2 aromatic heterocycles. The van der Waals surface area contributed by atoms with Gasteiger partial charge in [-0.1, -0.05) is 0 Å². The lowest BCUT2D eigenvalue weighted by Gasteiger charge is -2.18. The lowest BCUT2D eigenvalue weighted by molar-refractivity contribution is 0.00752. The first kappa shape index (κ1) is 13.7. The third-order valence-electron chi connectivity index (χ3n) is 2.23. The zero-order chi connectivity index (χ0) is 14.0. The maximum atomic E-state index is 11.9. The molecule has 2 heterocycles. The van der Waals surface area contributed by atoms with Crippen LogP contribution in [0.5, 0.6) is 0 Å². The fraction of sp³-hybridized carbons (Fsp3) is 0.357. The van der Waals surface area contributed by atoms with Crippen molar-refractivity contribution in [1.29, 1.82) is 0 Å². The molecule has 0 spiro atoms. The van der Waals surface area contributed by atoms with E-state index in [0.717, 1.165) is 10.6 Å². The van der Waals surface area contributed by atoms with Crippen molar-refractivity contribution in [3.63, 3.8) is 0 Å². The van der Waals surface area contributed by atoms with Gasteiger partial charge >= 0.3 is 5.97 Å². The Morgan fingerprint density at radius 3 is 2.63 bits per heavy atom. The van der Waals surface area contributed by atoms with Crippen LogP contribution in [0.25, 0.3) is 10.6 Å². The number of hydrogen-bond donors (Lipinski definition) is 0. The Balaban J connectivity index is 2.22. The summed E-state index contributed by atoms with van der Waals surface area (Å²) in [4.78, 5) is 21.8. The maximum Gasteiger partial charge on any atom is 0.348 e. The third kappa shape index (κ3) is 3.61. The second-order valence-electron chi connectivity index (χ2n) is 5.15. The van der Waals surface area contributed by atoms with Crippen LogP contribution < -0.4 is 0 Å². The number of nitrogens with zero attached hydrogens (tertiary/aromatic N) is 2. The van der Waals surface area contributed by atoms with E-state index in [1.807, 2.05) is 39.8 Å². The van der Waals surface area contributed by atoms with Crippen LogP contribution in [0, 0.1) is 6.92 Å². The van der Waals surface area contributed by atoms with Gasteiger partial charge in [-0.3, -0.25) is 0 Å². The van der Waals surface area contributed by atoms with E-state index in [4.69, 9.17) is 4.74 Å². The lowest BCUT2D eigenvalue weighted by atomic mass is 10.2. The average molecular weight is 276 g/mol. The molecule has 100 valence electrons. The van der Waals surface area contributed by atoms with Crippen molar-refractivity contribution in [2.45, 2.75) is 33.3 Å². The molecule has 2 aromatic rings. The summed E-state index contributed by atoms with van der Waals surface area (Å²) < 4.78 is 5.34. The number of esters is 1. The lowest BCUT2D eigenvalue weighted by Crippen LogP contribution is -2.23. The van der Waals surface area contributed by atoms with Crippen molar-refractivity contribution in [1.82, 2.24) is 9.97 Å². The van der Waals surface area contributed by atoms with Gasteiger partial charge in [-0.15, -0.1) is 11.3 Å². The van der Waals surface area contributed by atoms with Gasteiger partial charge in [0.2, 0.25) is 0 Å². The zero-order valence-electron chi connectivity index (χ0n) is 11.4. The minimum Gasteiger partial charge on any atom is -0.456 e. The Hall–Kier alpha value is -1.75. The van der Waals surface area contributed by atoms with E-state index in [9.17, 15) is 4.79 Å². The molecule has 4 nitrogen and oxygen atoms in total. The largest absolute Gasteiger partial charge is 0.456 e. The first-order chi connectivity index (χ1) is 8.85. The predicted octanol–water partition coefficient (Wildman–Crippen LogP) is 3.47. The third-order valence-corrected chi connectivity index (χ3v) is 3.32. The number of aromatic nitrogens is 2. The second kappa shape index (κ2) is 5.09. The monoisotopic (exact) mass is 276 g/mol. The molecule has 0 aromatic carbocycles. The van der Waals surface area contributed by atoms with Gasteiger partial charge in [0.1, 0.15) is 16.3 Å². The highest BCUT2D eigenvalue weighted by Gasteiger charge is 2.19. The molecule has 0 saturated heterocycles. The highest BCUT2D eigenvalue weighted by Crippen LogP contribution is 2.27. The predicted molar refractivity (Wildman–Crippen MR) is 75.3 cm³/mol. The molecular formula is C14H16N2O2S. The number of ether oxygens (including phenoxy) is 1. The van der Waals surface area contributed by atoms with E-state index in [-0.39, 0.29) is 5.97 Å². The molecule has 19 heavy (non-hydrogen) atoms. The Morgan fingerprint density at radius 2 is 2.00 bits per heavy atom. The number of rotatable bonds is 2. The van der Waals surface area contributed by atoms with E-state index < -0.39 is 5.60 Å². The van der Waals surface area contributed by atoms with Gasteiger partial charge < -0.3 is 4.74 Å². The summed E-state index contributed by atoms with van der Waals surface area (Å²) in [6.07, 6.45) is 1.71. The normalized spacial score (nSPS) is 11.4. The molecule has 0 aliphatic carbocycles. The molecule has 0 saturated carbocycles. The van der Waals surface area contributed by atoms with Crippen molar-refractivity contribution in [3.05, 3.63) is 35.1 Å². The van der Waals surface area contributed by atoms with Gasteiger partial charge in [0.15, 0.2) is 0 Å². The highest BCUT2D eigenvalue weighted by molar-refractivity contribution is 7.17. The van der Waals surface area contributed by atoms with Crippen molar-refractivity contribution in [2.24, 2.45) is 0 Å². The second-order valence-corrected chi connectivity index (χ2v) is 6.24. The van der Waals surface area contributed by atoms with Gasteiger partial charge in [-0.05, 0) is 45.9 Å². The first-order valence-corrected chi connectivity index (χ1v) is 6.80. The van der Waals surface area contributed by atoms with Gasteiger partial charge in [-0.2, -0.15) is 0 Å². The van der Waals surface area contributed by atoms with Crippen LogP contribution in [0.2, 0.25) is 0 Å². The summed E-state index contributed by atoms with van der Waals surface area (Å²) in [5, 5.41) is 0. The minimum atomic E-state index is -0.479. The summed E-state index contributed by atoms with van der Waals surface area (Å²) >= 11 is 1.38. The fourth-order valence-corrected chi connectivity index (χ4v) is 2.36. The summed E-state index contributed by atoms with van der Waals surface area (Å²) in [5.74, 6) is 0.416. The Morgan fingerprint density at radius 1 is 1.26 bits per heavy atom. The molecule has 0 bridgehead atoms. The van der Waals surface area contributed by atoms with Gasteiger partial charge in [0, 0.05) is 6.20 Å². The highest BCUT2D eigenvalue weighted by atomic mass is 32.1. The van der Waals surface area contributed by atoms with E-state index in [1.54, 1.807) is 12.3 Å². The summed E-state index contributed by atoms with van der Waals surface area (Å²) in [5.41, 5.74) is 0.347. The van der Waals surface area contributed by atoms with E-state index in [1.165, 1.54) is 11.3 Å². The first-order valence-electron chi connectivity index (χ1n) is 5.98. The van der Waals surface area contributed by atoms with Crippen LogP contribution in [-0.4, -0.2) is 21.5 Å². The summed E-state index contributed by atoms with van der Waals surface area (Å²) in [6.45, 7) is 7.40. The molecule has 2 rings (SSSR count). The minimum absolute atomic E-state index is 0.297. The molecule has 0 unspecified atom stereocenters. The van der Waals surface area contributed by atoms with Crippen LogP contribution in [0.3, 0.4) is 0 Å². The van der Waals surface area contributed by atoms with E-state index in [2.05, 4.69) is 9.97 Å². The van der Waals surface area contributed by atoms with E-state index >= 15 is 0 Å². The number of hydrogen-bond acceptors (Lipinski definition) is 5. The van der Waals surface area contributed by atoms with E-state index in [0.29, 0.717) is 10.7 Å². The fourth-order valence-electron chi connectivity index (χ4n) is 1.51.